The van der Waals surface area contributed by atoms with Crippen LogP contribution in [0.1, 0.15) is 28.9 Å². The SMILES string of the molecule is [N-]=[N+]=NCCOCCOCCNC(=O)CCC(NC(=O)c1ccc(NCc2cnc3nc(N)nc(O)c3n2)cc1)C(=O)O. The van der Waals surface area contributed by atoms with Crippen LogP contribution in [0, 0.1) is 0 Å². The molecule has 3 aromatic rings. The van der Waals surface area contributed by atoms with Crippen LogP contribution in [0.4, 0.5) is 11.6 Å². The number of hydrogen-bond acceptors (Lipinski definition) is 13. The van der Waals surface area contributed by atoms with Crippen molar-refractivity contribution in [2.75, 3.05) is 50.6 Å². The van der Waals surface area contributed by atoms with E-state index >= 15 is 0 Å². The summed E-state index contributed by atoms with van der Waals surface area (Å²) >= 11 is 0. The number of azide groups is 1. The molecule has 18 nitrogen and oxygen atoms in total. The number of aromatic nitrogens is 4. The predicted molar refractivity (Wildman–Crippen MR) is 152 cm³/mol. The number of hydrogen-bond donors (Lipinski definition) is 6. The highest BCUT2D eigenvalue weighted by atomic mass is 16.5. The maximum absolute atomic E-state index is 12.6. The van der Waals surface area contributed by atoms with Gasteiger partial charge in [-0.15, -0.1) is 0 Å². The number of carbonyl (C=O) groups excluding carboxylic acids is 2. The van der Waals surface area contributed by atoms with Crippen LogP contribution in [0.25, 0.3) is 21.6 Å². The van der Waals surface area contributed by atoms with Gasteiger partial charge in [0, 0.05) is 35.7 Å². The summed E-state index contributed by atoms with van der Waals surface area (Å²) in [6.45, 7) is 1.83. The van der Waals surface area contributed by atoms with E-state index in [-0.39, 0.29) is 80.2 Å². The van der Waals surface area contributed by atoms with Crippen molar-refractivity contribution in [3.05, 3.63) is 52.2 Å². The van der Waals surface area contributed by atoms with Crippen LogP contribution in [0.15, 0.2) is 35.6 Å². The van der Waals surface area contributed by atoms with Crippen molar-refractivity contribution in [1.29, 1.82) is 0 Å². The largest absolute Gasteiger partial charge is 0.492 e. The van der Waals surface area contributed by atoms with Gasteiger partial charge in [0.05, 0.1) is 44.9 Å². The fourth-order valence-electron chi connectivity index (χ4n) is 3.56. The normalized spacial score (nSPS) is 11.3. The van der Waals surface area contributed by atoms with Crippen LogP contribution >= 0.6 is 0 Å². The Balaban J connectivity index is 1.38. The number of rotatable bonds is 18. The average molecular weight is 598 g/mol. The molecule has 0 spiro atoms. The van der Waals surface area contributed by atoms with Gasteiger partial charge in [0.2, 0.25) is 17.7 Å². The first-order chi connectivity index (χ1) is 20.8. The number of ether oxygens (including phenoxy) is 2. The second kappa shape index (κ2) is 16.8. The number of nitrogens with one attached hydrogen (secondary N) is 3. The summed E-state index contributed by atoms with van der Waals surface area (Å²) in [5, 5.41) is 30.9. The number of fused-ring (bicyclic) bond motifs is 1. The Hall–Kier alpha value is -5.32. The van der Waals surface area contributed by atoms with E-state index in [0.717, 1.165) is 0 Å². The number of aromatic hydroxyl groups is 1. The van der Waals surface area contributed by atoms with Crippen LogP contribution in [-0.2, 0) is 25.6 Å². The minimum Gasteiger partial charge on any atom is -0.492 e. The quantitative estimate of drug-likeness (QED) is 0.0511. The summed E-state index contributed by atoms with van der Waals surface area (Å²) in [7, 11) is 0. The number of nitrogens with zero attached hydrogens (tertiary/aromatic N) is 7. The fourth-order valence-corrected chi connectivity index (χ4v) is 3.56. The zero-order valence-electron chi connectivity index (χ0n) is 23.0. The summed E-state index contributed by atoms with van der Waals surface area (Å²) < 4.78 is 10.5. The Bertz CT molecular complexity index is 1450. The van der Waals surface area contributed by atoms with Gasteiger partial charge in [0.15, 0.2) is 11.2 Å². The van der Waals surface area contributed by atoms with Gasteiger partial charge in [-0.05, 0) is 36.2 Å². The van der Waals surface area contributed by atoms with Gasteiger partial charge in [-0.2, -0.15) is 9.97 Å². The molecule has 0 fully saturated rings. The number of carboxylic acids is 1. The van der Waals surface area contributed by atoms with E-state index in [9.17, 15) is 24.6 Å². The van der Waals surface area contributed by atoms with Gasteiger partial charge < -0.3 is 41.4 Å². The number of aliphatic carboxylic acids is 1. The predicted octanol–water partition coefficient (Wildman–Crippen LogP) is 0.743. The van der Waals surface area contributed by atoms with Crippen LogP contribution < -0.4 is 21.7 Å². The number of nitrogens with two attached hydrogens (primary N) is 1. The zero-order valence-corrected chi connectivity index (χ0v) is 23.0. The highest BCUT2D eigenvalue weighted by Crippen LogP contribution is 2.19. The molecular formula is C25H31N11O7. The lowest BCUT2D eigenvalue weighted by atomic mass is 10.1. The van der Waals surface area contributed by atoms with E-state index in [1.807, 2.05) is 0 Å². The molecule has 3 rings (SSSR count). The molecule has 2 amide bonds. The number of nitrogen functional groups attached to an aromatic ring is 1. The summed E-state index contributed by atoms with van der Waals surface area (Å²) in [5.41, 5.74) is 15.3. The van der Waals surface area contributed by atoms with Crippen molar-refractivity contribution in [3.63, 3.8) is 0 Å². The number of carboxylic acid groups (broad SMARTS) is 1. The van der Waals surface area contributed by atoms with E-state index in [0.29, 0.717) is 24.6 Å². The molecule has 43 heavy (non-hydrogen) atoms. The first kappa shape index (κ1) is 32.2. The molecule has 1 aromatic carbocycles. The van der Waals surface area contributed by atoms with E-state index in [1.54, 1.807) is 12.1 Å². The van der Waals surface area contributed by atoms with E-state index in [1.165, 1.54) is 18.3 Å². The second-order valence-corrected chi connectivity index (χ2v) is 8.80. The Morgan fingerprint density at radius 3 is 2.53 bits per heavy atom. The number of carbonyl (C=O) groups is 3. The van der Waals surface area contributed by atoms with Gasteiger partial charge in [-0.25, -0.2) is 14.8 Å². The van der Waals surface area contributed by atoms with Crippen molar-refractivity contribution >= 4 is 40.6 Å². The van der Waals surface area contributed by atoms with Crippen LogP contribution in [0.2, 0.25) is 0 Å². The Morgan fingerprint density at radius 1 is 1.07 bits per heavy atom. The highest BCUT2D eigenvalue weighted by molar-refractivity contribution is 5.97. The van der Waals surface area contributed by atoms with Crippen LogP contribution in [0.3, 0.4) is 0 Å². The molecule has 0 aliphatic rings. The molecule has 228 valence electrons. The second-order valence-electron chi connectivity index (χ2n) is 8.80. The van der Waals surface area contributed by atoms with Crippen molar-refractivity contribution in [1.82, 2.24) is 30.6 Å². The van der Waals surface area contributed by atoms with Crippen molar-refractivity contribution < 1.29 is 34.1 Å². The standard InChI is InChI=1S/C25H31N11O7/c26-25-34-21-20(23(39)35-25)32-17(14-30-21)13-29-16-3-1-15(2-4-16)22(38)33-18(24(40)41)5-6-19(37)28-7-9-42-11-12-43-10-8-31-36-27/h1-4,14,18,29H,5-13H2,(H,28,37)(H,33,38)(H,40,41)(H3,26,30,34,35,39). The topological polar surface area (TPSA) is 273 Å². The minimum absolute atomic E-state index is 0.105. The molecule has 0 aliphatic carbocycles. The molecule has 18 heteroatoms. The fraction of sp³-hybridized carbons (Fsp3) is 0.400. The molecule has 2 heterocycles. The van der Waals surface area contributed by atoms with Crippen LogP contribution in [0.5, 0.6) is 5.88 Å². The Labute approximate surface area is 244 Å². The first-order valence-corrected chi connectivity index (χ1v) is 13.1. The van der Waals surface area contributed by atoms with Gasteiger partial charge in [-0.1, -0.05) is 5.11 Å². The molecule has 0 bridgehead atoms. The van der Waals surface area contributed by atoms with Gasteiger partial charge in [-0.3, -0.25) is 9.59 Å². The van der Waals surface area contributed by atoms with Crippen LogP contribution in [-0.4, -0.2) is 93.5 Å². The lowest BCUT2D eigenvalue weighted by Crippen LogP contribution is -2.41. The third-order valence-corrected chi connectivity index (χ3v) is 5.68. The Morgan fingerprint density at radius 2 is 1.81 bits per heavy atom. The van der Waals surface area contributed by atoms with Gasteiger partial charge in [0.25, 0.3) is 5.91 Å². The molecule has 1 unspecified atom stereocenters. The highest BCUT2D eigenvalue weighted by Gasteiger charge is 2.21. The molecule has 0 radical (unpaired) electrons. The van der Waals surface area contributed by atoms with E-state index in [4.69, 9.17) is 20.7 Å². The molecule has 0 saturated heterocycles. The Kier molecular flexibility index (Phi) is 12.6. The summed E-state index contributed by atoms with van der Waals surface area (Å²) in [5.74, 6) is -2.75. The smallest absolute Gasteiger partial charge is 0.326 e. The molecule has 2 aromatic heterocycles. The maximum atomic E-state index is 12.6. The van der Waals surface area contributed by atoms with Gasteiger partial charge in [0.1, 0.15) is 6.04 Å². The minimum atomic E-state index is -1.27. The third-order valence-electron chi connectivity index (χ3n) is 5.68. The summed E-state index contributed by atoms with van der Waals surface area (Å²) in [6.07, 6.45) is 1.25. The summed E-state index contributed by atoms with van der Waals surface area (Å²) in [4.78, 5) is 54.9. The first-order valence-electron chi connectivity index (χ1n) is 13.1. The zero-order chi connectivity index (χ0) is 31.0. The van der Waals surface area contributed by atoms with Gasteiger partial charge >= 0.3 is 5.97 Å². The average Bonchev–Trinajstić information content (AvgIpc) is 2.99. The number of anilines is 2. The number of amides is 2. The lowest BCUT2D eigenvalue weighted by Gasteiger charge is -2.15. The van der Waals surface area contributed by atoms with Crippen molar-refractivity contribution in [2.24, 2.45) is 5.11 Å². The molecular weight excluding hydrogens is 566 g/mol. The van der Waals surface area contributed by atoms with E-state index in [2.05, 4.69) is 45.9 Å². The van der Waals surface area contributed by atoms with E-state index < -0.39 is 17.9 Å². The monoisotopic (exact) mass is 597 g/mol. The van der Waals surface area contributed by atoms with Crippen molar-refractivity contribution in [2.45, 2.75) is 25.4 Å². The molecule has 0 saturated carbocycles. The number of benzene rings is 1. The molecule has 0 aliphatic heterocycles. The van der Waals surface area contributed by atoms with Crippen molar-refractivity contribution in [3.8, 4) is 5.88 Å². The molecule has 7 N–H and O–H groups in total. The maximum Gasteiger partial charge on any atom is 0.326 e. The molecule has 1 atom stereocenters. The lowest BCUT2D eigenvalue weighted by molar-refractivity contribution is -0.139. The third kappa shape index (κ3) is 10.9. The summed E-state index contributed by atoms with van der Waals surface area (Å²) in [6, 6.07) is 5.03.